The Balaban J connectivity index is 1.77. The number of hydrogen-bond donors (Lipinski definition) is 2. The summed E-state index contributed by atoms with van der Waals surface area (Å²) in [6, 6.07) is 21.5. The van der Waals surface area contributed by atoms with Crippen molar-refractivity contribution in [2.24, 2.45) is 0 Å². The van der Waals surface area contributed by atoms with Crippen LogP contribution in [0.2, 0.25) is 0 Å². The van der Waals surface area contributed by atoms with E-state index in [0.29, 0.717) is 28.4 Å². The van der Waals surface area contributed by atoms with Crippen molar-refractivity contribution in [1.82, 2.24) is 0 Å². The minimum Gasteiger partial charge on any atom is -0.322 e. The van der Waals surface area contributed by atoms with Gasteiger partial charge < -0.3 is 10.6 Å². The van der Waals surface area contributed by atoms with Gasteiger partial charge in [-0.1, -0.05) is 36.4 Å². The lowest BCUT2D eigenvalue weighted by atomic mass is 10.1. The van der Waals surface area contributed by atoms with Crippen molar-refractivity contribution in [2.45, 2.75) is 12.8 Å². The van der Waals surface area contributed by atoms with Gasteiger partial charge in [0.05, 0.1) is 0 Å². The number of hydrogen-bond acceptors (Lipinski definition) is 2. The number of nitrogens with one attached hydrogen (secondary N) is 2. The van der Waals surface area contributed by atoms with Crippen LogP contribution in [0.25, 0.3) is 0 Å². The summed E-state index contributed by atoms with van der Waals surface area (Å²) in [5, 5.41) is 5.75. The summed E-state index contributed by atoms with van der Waals surface area (Å²) in [5.74, 6) is -0.0793. The van der Waals surface area contributed by atoms with Gasteiger partial charge in [0.25, 0.3) is 11.8 Å². The maximum Gasteiger partial charge on any atom is 0.255 e. The van der Waals surface area contributed by atoms with Gasteiger partial charge in [-0.25, -0.2) is 0 Å². The van der Waals surface area contributed by atoms with Crippen LogP contribution in [-0.2, 0) is 5.88 Å². The van der Waals surface area contributed by atoms with E-state index in [1.807, 2.05) is 37.3 Å². The summed E-state index contributed by atoms with van der Waals surface area (Å²) in [5.41, 5.74) is 4.13. The van der Waals surface area contributed by atoms with Crippen LogP contribution in [0.1, 0.15) is 31.8 Å². The minimum absolute atomic E-state index is 0.202. The van der Waals surface area contributed by atoms with E-state index in [9.17, 15) is 9.59 Å². The zero-order valence-electron chi connectivity index (χ0n) is 14.8. The van der Waals surface area contributed by atoms with E-state index in [1.54, 1.807) is 42.5 Å². The largest absolute Gasteiger partial charge is 0.322 e. The average molecular weight is 379 g/mol. The molecule has 5 heteroatoms. The second kappa shape index (κ2) is 8.52. The first kappa shape index (κ1) is 18.7. The first-order valence-corrected chi connectivity index (χ1v) is 9.03. The number of carbonyl (C=O) groups is 2. The maximum atomic E-state index is 12.5. The Bertz CT molecular complexity index is 971. The van der Waals surface area contributed by atoms with Crippen LogP contribution in [0.5, 0.6) is 0 Å². The van der Waals surface area contributed by atoms with E-state index in [4.69, 9.17) is 11.6 Å². The van der Waals surface area contributed by atoms with Crippen LogP contribution in [0.15, 0.2) is 72.8 Å². The number of benzene rings is 3. The number of amides is 2. The Morgan fingerprint density at radius 3 is 2.26 bits per heavy atom. The highest BCUT2D eigenvalue weighted by atomic mass is 35.5. The topological polar surface area (TPSA) is 58.2 Å². The molecular weight excluding hydrogens is 360 g/mol. The molecule has 0 fully saturated rings. The first-order chi connectivity index (χ1) is 13.1. The summed E-state index contributed by atoms with van der Waals surface area (Å²) in [7, 11) is 0. The van der Waals surface area contributed by atoms with E-state index < -0.39 is 0 Å². The third kappa shape index (κ3) is 4.74. The molecule has 3 rings (SSSR count). The first-order valence-electron chi connectivity index (χ1n) is 8.50. The number of halogens is 1. The standard InChI is InChI=1S/C22H19ClN2O2/c1-15-10-11-19(24-21(26)17-7-3-2-4-8-17)13-20(15)25-22(27)18-9-5-6-16(12-18)14-23/h2-13H,14H2,1H3,(H,24,26)(H,25,27). The van der Waals surface area contributed by atoms with E-state index >= 15 is 0 Å². The normalized spacial score (nSPS) is 10.3. The molecule has 0 spiro atoms. The van der Waals surface area contributed by atoms with Crippen LogP contribution in [-0.4, -0.2) is 11.8 Å². The van der Waals surface area contributed by atoms with Crippen molar-refractivity contribution in [3.05, 3.63) is 95.1 Å². The number of rotatable bonds is 5. The molecule has 2 N–H and O–H groups in total. The molecule has 0 aliphatic carbocycles. The van der Waals surface area contributed by atoms with Crippen molar-refractivity contribution < 1.29 is 9.59 Å². The second-order valence-corrected chi connectivity index (χ2v) is 6.41. The molecule has 2 amide bonds. The summed E-state index contributed by atoms with van der Waals surface area (Å²) >= 11 is 5.84. The van der Waals surface area contributed by atoms with Crippen LogP contribution in [0.3, 0.4) is 0 Å². The molecule has 3 aromatic rings. The van der Waals surface area contributed by atoms with Gasteiger partial charge in [-0.3, -0.25) is 9.59 Å². The van der Waals surface area contributed by atoms with Crippen LogP contribution >= 0.6 is 11.6 Å². The van der Waals surface area contributed by atoms with Gasteiger partial charge in [0.15, 0.2) is 0 Å². The number of anilines is 2. The third-order valence-corrected chi connectivity index (χ3v) is 4.43. The molecule has 0 saturated heterocycles. The highest BCUT2D eigenvalue weighted by Gasteiger charge is 2.11. The van der Waals surface area contributed by atoms with Crippen LogP contribution in [0.4, 0.5) is 11.4 Å². The van der Waals surface area contributed by atoms with Crippen molar-refractivity contribution in [3.8, 4) is 0 Å². The van der Waals surface area contributed by atoms with Crippen molar-refractivity contribution in [3.63, 3.8) is 0 Å². The van der Waals surface area contributed by atoms with Gasteiger partial charge >= 0.3 is 0 Å². The molecule has 0 unspecified atom stereocenters. The lowest BCUT2D eigenvalue weighted by molar-refractivity contribution is 0.101. The van der Waals surface area contributed by atoms with Crippen molar-refractivity contribution in [1.29, 1.82) is 0 Å². The van der Waals surface area contributed by atoms with Gasteiger partial charge in [0.2, 0.25) is 0 Å². The van der Waals surface area contributed by atoms with Crippen LogP contribution in [0, 0.1) is 6.92 Å². The van der Waals surface area contributed by atoms with Gasteiger partial charge in [-0.2, -0.15) is 0 Å². The Morgan fingerprint density at radius 2 is 1.52 bits per heavy atom. The monoisotopic (exact) mass is 378 g/mol. The lowest BCUT2D eigenvalue weighted by Crippen LogP contribution is -2.15. The predicted octanol–water partition coefficient (Wildman–Crippen LogP) is 5.24. The van der Waals surface area contributed by atoms with Crippen LogP contribution < -0.4 is 10.6 Å². The summed E-state index contributed by atoms with van der Waals surface area (Å²) in [6.07, 6.45) is 0. The predicted molar refractivity (Wildman–Crippen MR) is 110 cm³/mol. The number of aryl methyl sites for hydroxylation is 1. The number of alkyl halides is 1. The van der Waals surface area contributed by atoms with Gasteiger partial charge in [-0.15, -0.1) is 11.6 Å². The molecule has 27 heavy (non-hydrogen) atoms. The van der Waals surface area contributed by atoms with E-state index in [2.05, 4.69) is 10.6 Å². The highest BCUT2D eigenvalue weighted by Crippen LogP contribution is 2.22. The van der Waals surface area contributed by atoms with E-state index in [1.165, 1.54) is 0 Å². The third-order valence-electron chi connectivity index (χ3n) is 4.12. The highest BCUT2D eigenvalue weighted by molar-refractivity contribution is 6.17. The van der Waals surface area contributed by atoms with E-state index in [-0.39, 0.29) is 11.8 Å². The lowest BCUT2D eigenvalue weighted by Gasteiger charge is -2.12. The zero-order chi connectivity index (χ0) is 19.2. The Labute approximate surface area is 163 Å². The maximum absolute atomic E-state index is 12.5. The molecule has 0 heterocycles. The molecule has 0 saturated carbocycles. The fraction of sp³-hybridized carbons (Fsp3) is 0.0909. The Kier molecular flexibility index (Phi) is 5.89. The molecule has 0 aliphatic rings. The fourth-order valence-electron chi connectivity index (χ4n) is 2.62. The van der Waals surface area contributed by atoms with Crippen molar-refractivity contribution >= 4 is 34.8 Å². The second-order valence-electron chi connectivity index (χ2n) is 6.14. The van der Waals surface area contributed by atoms with E-state index in [0.717, 1.165) is 11.1 Å². The van der Waals surface area contributed by atoms with Gasteiger partial charge in [0.1, 0.15) is 0 Å². The average Bonchev–Trinajstić information content (AvgIpc) is 2.71. The molecular formula is C22H19ClN2O2. The van der Waals surface area contributed by atoms with Gasteiger partial charge in [0, 0.05) is 28.4 Å². The molecule has 0 aliphatic heterocycles. The summed E-state index contributed by atoms with van der Waals surface area (Å²) in [4.78, 5) is 24.9. The molecule has 0 radical (unpaired) electrons. The summed E-state index contributed by atoms with van der Waals surface area (Å²) < 4.78 is 0. The Morgan fingerprint density at radius 1 is 0.815 bits per heavy atom. The summed E-state index contributed by atoms with van der Waals surface area (Å²) in [6.45, 7) is 1.90. The molecule has 4 nitrogen and oxygen atoms in total. The molecule has 3 aromatic carbocycles. The quantitative estimate of drug-likeness (QED) is 0.596. The minimum atomic E-state index is -0.225. The Hall–Kier alpha value is -3.11. The van der Waals surface area contributed by atoms with Crippen molar-refractivity contribution in [2.75, 3.05) is 10.6 Å². The smallest absolute Gasteiger partial charge is 0.255 e. The molecule has 0 atom stereocenters. The molecule has 136 valence electrons. The SMILES string of the molecule is Cc1ccc(NC(=O)c2ccccc2)cc1NC(=O)c1cccc(CCl)c1. The molecule has 0 bridgehead atoms. The number of carbonyl (C=O) groups excluding carboxylic acids is 2. The van der Waals surface area contributed by atoms with Gasteiger partial charge in [-0.05, 0) is 54.4 Å². The fourth-order valence-corrected chi connectivity index (χ4v) is 2.78. The zero-order valence-corrected chi connectivity index (χ0v) is 15.6. The molecule has 0 aromatic heterocycles.